The van der Waals surface area contributed by atoms with Crippen LogP contribution in [-0.4, -0.2) is 56.6 Å². The SMILES string of the molecule is CCN(CCO)C(=O)c1ccc(Cl)c(S(=O)[O-])c1.CNO. The number of aliphatic hydroxyl groups excluding tert-OH is 1. The standard InChI is InChI=1S/C11H14ClNO4S.CH5NO/c1-2-13(5-6-14)11(15)8-3-4-9(12)10(7-8)18(16)17;1-2-3/h3-4,7,14H,2,5-6H2,1H3,(H,16,17);2-3H,1H3/p-1. The average Bonchev–Trinajstić information content (AvgIpc) is 2.45. The number of benzene rings is 1. The van der Waals surface area contributed by atoms with Crippen molar-refractivity contribution in [2.75, 3.05) is 26.7 Å². The lowest BCUT2D eigenvalue weighted by molar-refractivity contribution is 0.0731. The van der Waals surface area contributed by atoms with E-state index in [1.54, 1.807) is 12.4 Å². The Hall–Kier alpha value is -1.03. The second-order valence-corrected chi connectivity index (χ2v) is 5.03. The zero-order valence-corrected chi connectivity index (χ0v) is 13.3. The number of nitrogens with zero attached hydrogens (tertiary/aromatic N) is 1. The quantitative estimate of drug-likeness (QED) is 0.536. The summed E-state index contributed by atoms with van der Waals surface area (Å²) < 4.78 is 21.8. The van der Waals surface area contributed by atoms with Crippen LogP contribution in [0.25, 0.3) is 0 Å². The van der Waals surface area contributed by atoms with Crippen molar-refractivity contribution in [1.82, 2.24) is 10.4 Å². The molecule has 0 aliphatic heterocycles. The second-order valence-electron chi connectivity index (χ2n) is 3.71. The Balaban J connectivity index is 0.00000122. The van der Waals surface area contributed by atoms with Crippen LogP contribution < -0.4 is 5.48 Å². The molecule has 0 aliphatic carbocycles. The van der Waals surface area contributed by atoms with Gasteiger partial charge in [-0.05, 0) is 36.2 Å². The summed E-state index contributed by atoms with van der Waals surface area (Å²) in [6.45, 7) is 2.26. The summed E-state index contributed by atoms with van der Waals surface area (Å²) in [6, 6.07) is 4.06. The van der Waals surface area contributed by atoms with Gasteiger partial charge in [-0.1, -0.05) is 11.6 Å². The summed E-state index contributed by atoms with van der Waals surface area (Å²) in [4.78, 5) is 13.3. The number of hydrogen-bond donors (Lipinski definition) is 3. The maximum atomic E-state index is 12.0. The Morgan fingerprint density at radius 2 is 2.10 bits per heavy atom. The molecule has 0 saturated carbocycles. The zero-order chi connectivity index (χ0) is 16.4. The Kier molecular flexibility index (Phi) is 10.1. The van der Waals surface area contributed by atoms with Crippen molar-refractivity contribution >= 4 is 28.6 Å². The van der Waals surface area contributed by atoms with E-state index in [9.17, 15) is 13.6 Å². The lowest BCUT2D eigenvalue weighted by atomic mass is 10.2. The molecule has 0 bridgehead atoms. The molecule has 0 saturated heterocycles. The molecule has 3 N–H and O–H groups in total. The van der Waals surface area contributed by atoms with E-state index in [0.29, 0.717) is 6.54 Å². The zero-order valence-electron chi connectivity index (χ0n) is 11.7. The Bertz CT molecular complexity index is 487. The molecule has 1 aromatic carbocycles. The predicted molar refractivity (Wildman–Crippen MR) is 78.1 cm³/mol. The molecule has 1 rings (SSSR count). The molecule has 7 nitrogen and oxygen atoms in total. The molecule has 1 atom stereocenters. The van der Waals surface area contributed by atoms with E-state index in [4.69, 9.17) is 21.9 Å². The van der Waals surface area contributed by atoms with Gasteiger partial charge in [-0.2, -0.15) is 0 Å². The van der Waals surface area contributed by atoms with Gasteiger partial charge < -0.3 is 19.8 Å². The monoisotopic (exact) mass is 337 g/mol. The number of amides is 1. The van der Waals surface area contributed by atoms with E-state index in [-0.39, 0.29) is 34.5 Å². The second kappa shape index (κ2) is 10.7. The highest BCUT2D eigenvalue weighted by atomic mass is 35.5. The minimum Gasteiger partial charge on any atom is -0.768 e. The summed E-state index contributed by atoms with van der Waals surface area (Å²) >= 11 is 3.22. The third-order valence-electron chi connectivity index (χ3n) is 2.40. The van der Waals surface area contributed by atoms with E-state index in [1.165, 1.54) is 30.1 Å². The number of rotatable bonds is 5. The Labute approximate surface area is 130 Å². The Morgan fingerprint density at radius 1 is 1.52 bits per heavy atom. The first kappa shape index (κ1) is 20.0. The molecule has 0 spiro atoms. The van der Waals surface area contributed by atoms with Crippen molar-refractivity contribution in [3.05, 3.63) is 28.8 Å². The summed E-state index contributed by atoms with van der Waals surface area (Å²) in [5, 5.41) is 16.2. The summed E-state index contributed by atoms with van der Waals surface area (Å²) in [5.41, 5.74) is 1.98. The highest BCUT2D eigenvalue weighted by Crippen LogP contribution is 2.21. The summed E-state index contributed by atoms with van der Waals surface area (Å²) in [6.07, 6.45) is 0. The van der Waals surface area contributed by atoms with Crippen LogP contribution in [0.2, 0.25) is 5.02 Å². The van der Waals surface area contributed by atoms with Crippen molar-refractivity contribution in [3.63, 3.8) is 0 Å². The number of aliphatic hydroxyl groups is 1. The fourth-order valence-electron chi connectivity index (χ4n) is 1.47. The lowest BCUT2D eigenvalue weighted by Gasteiger charge is -2.20. The molecule has 0 fully saturated rings. The smallest absolute Gasteiger partial charge is 0.253 e. The van der Waals surface area contributed by atoms with Gasteiger partial charge >= 0.3 is 0 Å². The fourth-order valence-corrected chi connectivity index (χ4v) is 2.23. The minimum atomic E-state index is -2.49. The molecule has 0 aromatic heterocycles. The van der Waals surface area contributed by atoms with Crippen LogP contribution in [0.1, 0.15) is 17.3 Å². The predicted octanol–water partition coefficient (Wildman–Crippen LogP) is 0.627. The van der Waals surface area contributed by atoms with Gasteiger partial charge in [0.1, 0.15) is 0 Å². The van der Waals surface area contributed by atoms with Crippen LogP contribution in [-0.2, 0) is 11.1 Å². The van der Waals surface area contributed by atoms with Crippen LogP contribution in [0.5, 0.6) is 0 Å². The molecule has 0 aliphatic rings. The first-order chi connectivity index (χ1) is 9.92. The van der Waals surface area contributed by atoms with Crippen molar-refractivity contribution in [2.45, 2.75) is 11.8 Å². The summed E-state index contributed by atoms with van der Waals surface area (Å²) in [5.74, 6) is -0.338. The highest BCUT2D eigenvalue weighted by Gasteiger charge is 2.15. The van der Waals surface area contributed by atoms with E-state index >= 15 is 0 Å². The van der Waals surface area contributed by atoms with Gasteiger partial charge in [-0.25, -0.2) is 5.48 Å². The van der Waals surface area contributed by atoms with Gasteiger partial charge in [-0.3, -0.25) is 9.00 Å². The molecular formula is C12H18ClN2O5S-. The third kappa shape index (κ3) is 6.51. The molecule has 21 heavy (non-hydrogen) atoms. The van der Waals surface area contributed by atoms with Crippen molar-refractivity contribution in [1.29, 1.82) is 0 Å². The van der Waals surface area contributed by atoms with Crippen LogP contribution >= 0.6 is 11.6 Å². The van der Waals surface area contributed by atoms with Crippen LogP contribution in [0.15, 0.2) is 23.1 Å². The van der Waals surface area contributed by atoms with E-state index in [2.05, 4.69) is 0 Å². The third-order valence-corrected chi connectivity index (χ3v) is 3.54. The molecular weight excluding hydrogens is 320 g/mol. The number of carbonyl (C=O) groups is 1. The first-order valence-corrected chi connectivity index (χ1v) is 7.47. The van der Waals surface area contributed by atoms with Gasteiger partial charge in [-0.15, -0.1) is 0 Å². The van der Waals surface area contributed by atoms with Crippen LogP contribution in [0.3, 0.4) is 0 Å². The molecule has 1 aromatic rings. The lowest BCUT2D eigenvalue weighted by Crippen LogP contribution is -2.33. The molecule has 0 heterocycles. The topological polar surface area (TPSA) is 113 Å². The average molecular weight is 338 g/mol. The molecule has 9 heteroatoms. The van der Waals surface area contributed by atoms with E-state index in [0.717, 1.165) is 0 Å². The molecule has 1 unspecified atom stereocenters. The Morgan fingerprint density at radius 3 is 2.52 bits per heavy atom. The first-order valence-electron chi connectivity index (χ1n) is 6.02. The normalized spacial score (nSPS) is 11.3. The van der Waals surface area contributed by atoms with E-state index < -0.39 is 11.1 Å². The van der Waals surface area contributed by atoms with Gasteiger partial charge in [0.25, 0.3) is 5.91 Å². The van der Waals surface area contributed by atoms with Crippen LogP contribution in [0, 0.1) is 0 Å². The molecule has 0 radical (unpaired) electrons. The van der Waals surface area contributed by atoms with Crippen molar-refractivity contribution in [2.24, 2.45) is 0 Å². The minimum absolute atomic E-state index is 0.0742. The van der Waals surface area contributed by atoms with Crippen LogP contribution in [0.4, 0.5) is 0 Å². The van der Waals surface area contributed by atoms with Gasteiger partial charge in [0.05, 0.1) is 11.6 Å². The largest absolute Gasteiger partial charge is 0.768 e. The van der Waals surface area contributed by atoms with Gasteiger partial charge in [0.2, 0.25) is 0 Å². The molecule has 120 valence electrons. The number of halogens is 1. The van der Waals surface area contributed by atoms with E-state index in [1.807, 2.05) is 0 Å². The highest BCUT2D eigenvalue weighted by molar-refractivity contribution is 7.79. The number of likely N-dealkylation sites (N-methyl/N-ethyl adjacent to an activating group) is 1. The molecule has 1 amide bonds. The number of carbonyl (C=O) groups excluding carboxylic acids is 1. The summed E-state index contributed by atoms with van der Waals surface area (Å²) in [7, 11) is 1.43. The van der Waals surface area contributed by atoms with Crippen molar-refractivity contribution < 1.29 is 23.9 Å². The maximum Gasteiger partial charge on any atom is 0.253 e. The van der Waals surface area contributed by atoms with Crippen molar-refractivity contribution in [3.8, 4) is 0 Å². The fraction of sp³-hybridized carbons (Fsp3) is 0.417. The van der Waals surface area contributed by atoms with Gasteiger partial charge in [0.15, 0.2) is 0 Å². The maximum absolute atomic E-state index is 12.0. The van der Waals surface area contributed by atoms with Gasteiger partial charge in [0, 0.05) is 30.6 Å². The number of hydroxylamine groups is 1. The number of hydrogen-bond acceptors (Lipinski definition) is 6. The number of nitrogens with one attached hydrogen (secondary N) is 1.